The fraction of sp³-hybridized carbons (Fsp3) is 0.375. The van der Waals surface area contributed by atoms with Gasteiger partial charge in [0.15, 0.2) is 5.16 Å². The molecule has 110 valence electrons. The van der Waals surface area contributed by atoms with E-state index in [1.54, 1.807) is 11.8 Å². The normalized spacial score (nSPS) is 14.4. The van der Waals surface area contributed by atoms with Crippen molar-refractivity contribution in [3.8, 4) is 0 Å². The second-order valence-corrected chi connectivity index (χ2v) is 7.37. The number of aryl methyl sites for hydroxylation is 2. The summed E-state index contributed by atoms with van der Waals surface area (Å²) in [6.07, 6.45) is 2.60. The number of nitrogens with zero attached hydrogens (tertiary/aromatic N) is 2. The molecule has 0 unspecified atom stereocenters. The molecule has 1 aliphatic rings. The molecule has 1 aromatic carbocycles. The molecular weight excluding hydrogens is 346 g/mol. The van der Waals surface area contributed by atoms with E-state index < -0.39 is 0 Å². The van der Waals surface area contributed by atoms with Gasteiger partial charge in [0.05, 0.1) is 0 Å². The molecule has 3 nitrogen and oxygen atoms in total. The van der Waals surface area contributed by atoms with Gasteiger partial charge in [0, 0.05) is 33.3 Å². The highest BCUT2D eigenvalue weighted by molar-refractivity contribution is 9.10. The zero-order valence-electron chi connectivity index (χ0n) is 12.2. The summed E-state index contributed by atoms with van der Waals surface area (Å²) in [4.78, 5) is 10.3. The van der Waals surface area contributed by atoms with Crippen LogP contribution < -0.4 is 5.32 Å². The van der Waals surface area contributed by atoms with Crippen LogP contribution in [0.4, 0.5) is 0 Å². The lowest BCUT2D eigenvalue weighted by Gasteiger charge is -2.10. The molecule has 1 fully saturated rings. The van der Waals surface area contributed by atoms with Gasteiger partial charge in [-0.3, -0.25) is 0 Å². The number of rotatable bonds is 5. The molecule has 1 N–H and O–H groups in total. The monoisotopic (exact) mass is 363 g/mol. The molecule has 1 aromatic heterocycles. The van der Waals surface area contributed by atoms with Crippen molar-refractivity contribution in [1.29, 1.82) is 0 Å². The summed E-state index contributed by atoms with van der Waals surface area (Å²) in [5, 5.41) is 4.40. The van der Waals surface area contributed by atoms with E-state index in [-0.39, 0.29) is 0 Å². The van der Waals surface area contributed by atoms with E-state index in [9.17, 15) is 0 Å². The van der Waals surface area contributed by atoms with Crippen LogP contribution in [0, 0.1) is 13.8 Å². The van der Waals surface area contributed by atoms with Crippen molar-refractivity contribution < 1.29 is 0 Å². The Balaban J connectivity index is 1.82. The molecule has 0 radical (unpaired) electrons. The quantitative estimate of drug-likeness (QED) is 0.805. The summed E-state index contributed by atoms with van der Waals surface area (Å²) < 4.78 is 1.11. The maximum absolute atomic E-state index is 4.52. The highest BCUT2D eigenvalue weighted by atomic mass is 79.9. The van der Waals surface area contributed by atoms with E-state index in [0.717, 1.165) is 27.6 Å². The minimum Gasteiger partial charge on any atom is -0.310 e. The molecule has 21 heavy (non-hydrogen) atoms. The van der Waals surface area contributed by atoms with E-state index in [0.29, 0.717) is 6.04 Å². The van der Waals surface area contributed by atoms with Crippen LogP contribution in [0.2, 0.25) is 0 Å². The first-order valence-electron chi connectivity index (χ1n) is 7.12. The smallest absolute Gasteiger partial charge is 0.192 e. The molecule has 0 bridgehead atoms. The molecule has 1 aliphatic carbocycles. The Kier molecular flexibility index (Phi) is 4.62. The van der Waals surface area contributed by atoms with E-state index in [4.69, 9.17) is 0 Å². The third-order valence-corrected chi connectivity index (χ3v) is 4.82. The molecule has 0 atom stereocenters. The number of hydrogen-bond donors (Lipinski definition) is 1. The van der Waals surface area contributed by atoms with Gasteiger partial charge in [-0.25, -0.2) is 9.97 Å². The number of hydrogen-bond acceptors (Lipinski definition) is 4. The first-order valence-corrected chi connectivity index (χ1v) is 8.73. The molecule has 0 saturated heterocycles. The van der Waals surface area contributed by atoms with Crippen LogP contribution in [0.1, 0.15) is 29.8 Å². The van der Waals surface area contributed by atoms with Gasteiger partial charge in [-0.15, -0.1) is 0 Å². The maximum atomic E-state index is 4.52. The Hall–Kier alpha value is -0.910. The first kappa shape index (κ1) is 15.0. The van der Waals surface area contributed by atoms with E-state index in [1.165, 1.54) is 23.3 Å². The van der Waals surface area contributed by atoms with Crippen molar-refractivity contribution >= 4 is 27.7 Å². The minimum atomic E-state index is 0.708. The Labute approximate surface area is 138 Å². The standard InChI is InChI=1S/C16H18BrN3S/c1-10-7-11(2)20-16(19-10)21-15-6-3-13(17)8-12(15)9-18-14-4-5-14/h3,6-8,14,18H,4-5,9H2,1-2H3. The zero-order chi connectivity index (χ0) is 14.8. The average molecular weight is 364 g/mol. The van der Waals surface area contributed by atoms with Crippen molar-refractivity contribution in [3.63, 3.8) is 0 Å². The number of benzene rings is 1. The maximum Gasteiger partial charge on any atom is 0.192 e. The van der Waals surface area contributed by atoms with Crippen molar-refractivity contribution in [2.24, 2.45) is 0 Å². The summed E-state index contributed by atoms with van der Waals surface area (Å²) >= 11 is 5.20. The fourth-order valence-electron chi connectivity index (χ4n) is 2.17. The predicted molar refractivity (Wildman–Crippen MR) is 89.6 cm³/mol. The van der Waals surface area contributed by atoms with Crippen LogP contribution in [0.5, 0.6) is 0 Å². The molecule has 3 rings (SSSR count). The first-order chi connectivity index (χ1) is 10.1. The van der Waals surface area contributed by atoms with Gasteiger partial charge in [-0.1, -0.05) is 15.9 Å². The second kappa shape index (κ2) is 6.46. The van der Waals surface area contributed by atoms with Crippen LogP contribution in [-0.2, 0) is 6.54 Å². The van der Waals surface area contributed by atoms with Gasteiger partial charge in [0.1, 0.15) is 0 Å². The van der Waals surface area contributed by atoms with E-state index >= 15 is 0 Å². The van der Waals surface area contributed by atoms with Crippen molar-refractivity contribution in [3.05, 3.63) is 45.7 Å². The second-order valence-electron chi connectivity index (χ2n) is 5.44. The van der Waals surface area contributed by atoms with Crippen molar-refractivity contribution in [2.75, 3.05) is 0 Å². The van der Waals surface area contributed by atoms with Gasteiger partial charge in [0.2, 0.25) is 0 Å². The minimum absolute atomic E-state index is 0.708. The van der Waals surface area contributed by atoms with Gasteiger partial charge < -0.3 is 5.32 Å². The van der Waals surface area contributed by atoms with Crippen molar-refractivity contribution in [2.45, 2.75) is 49.3 Å². The van der Waals surface area contributed by atoms with Crippen LogP contribution in [0.15, 0.2) is 38.8 Å². The van der Waals surface area contributed by atoms with Crippen LogP contribution in [0.3, 0.4) is 0 Å². The summed E-state index contributed by atoms with van der Waals surface area (Å²) in [7, 11) is 0. The van der Waals surface area contributed by atoms with Gasteiger partial charge >= 0.3 is 0 Å². The molecule has 2 aromatic rings. The highest BCUT2D eigenvalue weighted by Gasteiger charge is 2.20. The molecule has 5 heteroatoms. The summed E-state index contributed by atoms with van der Waals surface area (Å²) in [6, 6.07) is 9.10. The largest absolute Gasteiger partial charge is 0.310 e. The molecule has 0 amide bonds. The zero-order valence-corrected chi connectivity index (χ0v) is 14.6. The van der Waals surface area contributed by atoms with Crippen LogP contribution in [-0.4, -0.2) is 16.0 Å². The van der Waals surface area contributed by atoms with Gasteiger partial charge in [-0.2, -0.15) is 0 Å². The Morgan fingerprint density at radius 2 is 1.90 bits per heavy atom. The number of nitrogens with one attached hydrogen (secondary N) is 1. The number of halogens is 1. The SMILES string of the molecule is Cc1cc(C)nc(Sc2ccc(Br)cc2CNC2CC2)n1. The van der Waals surface area contributed by atoms with Gasteiger partial charge in [0.25, 0.3) is 0 Å². The average Bonchev–Trinajstić information content (AvgIpc) is 3.22. The third-order valence-electron chi connectivity index (χ3n) is 3.34. The molecule has 0 spiro atoms. The molecule has 1 heterocycles. The number of aromatic nitrogens is 2. The van der Waals surface area contributed by atoms with Crippen LogP contribution in [0.25, 0.3) is 0 Å². The third kappa shape index (κ3) is 4.28. The topological polar surface area (TPSA) is 37.8 Å². The van der Waals surface area contributed by atoms with Crippen molar-refractivity contribution in [1.82, 2.24) is 15.3 Å². The van der Waals surface area contributed by atoms with E-state index in [1.807, 2.05) is 19.9 Å². The van der Waals surface area contributed by atoms with E-state index in [2.05, 4.69) is 49.4 Å². The summed E-state index contributed by atoms with van der Waals surface area (Å²) in [6.45, 7) is 4.92. The Morgan fingerprint density at radius 3 is 2.57 bits per heavy atom. The molecular formula is C16H18BrN3S. The highest BCUT2D eigenvalue weighted by Crippen LogP contribution is 2.31. The molecule has 0 aliphatic heterocycles. The lowest BCUT2D eigenvalue weighted by Crippen LogP contribution is -2.15. The Bertz CT molecular complexity index is 636. The van der Waals surface area contributed by atoms with Crippen LogP contribution >= 0.6 is 27.7 Å². The lowest BCUT2D eigenvalue weighted by molar-refractivity contribution is 0.680. The summed E-state index contributed by atoms with van der Waals surface area (Å²) in [5.41, 5.74) is 3.32. The predicted octanol–water partition coefficient (Wildman–Crippen LogP) is 4.26. The van der Waals surface area contributed by atoms with Gasteiger partial charge in [-0.05, 0) is 68.3 Å². The Morgan fingerprint density at radius 1 is 1.19 bits per heavy atom. The summed E-state index contributed by atoms with van der Waals surface area (Å²) in [5.74, 6) is 0. The molecule has 1 saturated carbocycles. The lowest BCUT2D eigenvalue weighted by atomic mass is 10.2. The fourth-order valence-corrected chi connectivity index (χ4v) is 3.55.